The summed E-state index contributed by atoms with van der Waals surface area (Å²) in [5, 5.41) is 6.85. The molecule has 0 aliphatic carbocycles. The highest BCUT2D eigenvalue weighted by atomic mass is 32.1. The van der Waals surface area contributed by atoms with E-state index in [1.54, 1.807) is 7.11 Å². The molecule has 7 heteroatoms. The Balaban J connectivity index is 2.42. The zero-order valence-electron chi connectivity index (χ0n) is 10.2. The number of benzene rings is 1. The van der Waals surface area contributed by atoms with Gasteiger partial charge in [-0.1, -0.05) is 6.07 Å². The Morgan fingerprint density at radius 3 is 2.61 bits per heavy atom. The monoisotopic (exact) mass is 284 g/mol. The van der Waals surface area contributed by atoms with Crippen LogP contribution in [0.4, 0.5) is 5.69 Å². The van der Waals surface area contributed by atoms with Gasteiger partial charge in [0.2, 0.25) is 0 Å². The third-order valence-corrected chi connectivity index (χ3v) is 2.41. The number of ether oxygens (including phenoxy) is 1. The Morgan fingerprint density at radius 1 is 1.22 bits per heavy atom. The molecule has 0 bridgehead atoms. The predicted molar refractivity (Wildman–Crippen MR) is 81.8 cm³/mol. The lowest BCUT2D eigenvalue weighted by molar-refractivity contribution is 0.415. The normalized spacial score (nSPS) is 9.22. The van der Waals surface area contributed by atoms with Crippen molar-refractivity contribution >= 4 is 40.3 Å². The van der Waals surface area contributed by atoms with Crippen molar-refractivity contribution in [2.24, 2.45) is 0 Å². The number of nitrogens with one attached hydrogen (secondary N) is 4. The van der Waals surface area contributed by atoms with Crippen LogP contribution in [0.1, 0.15) is 6.92 Å². The molecule has 0 spiro atoms. The summed E-state index contributed by atoms with van der Waals surface area (Å²) in [4.78, 5) is 0. The van der Waals surface area contributed by atoms with Gasteiger partial charge in [0.1, 0.15) is 5.75 Å². The first-order valence-corrected chi connectivity index (χ1v) is 6.22. The van der Waals surface area contributed by atoms with Crippen LogP contribution >= 0.6 is 24.4 Å². The van der Waals surface area contributed by atoms with E-state index in [1.807, 2.05) is 31.2 Å². The molecule has 98 valence electrons. The zero-order chi connectivity index (χ0) is 13.4. The number of hydrazine groups is 1. The molecule has 0 aromatic heterocycles. The molecule has 0 radical (unpaired) electrons. The molecule has 0 aliphatic heterocycles. The van der Waals surface area contributed by atoms with Gasteiger partial charge in [-0.3, -0.25) is 10.9 Å². The highest BCUT2D eigenvalue weighted by Gasteiger charge is 1.99. The Bertz CT molecular complexity index is 425. The molecular weight excluding hydrogens is 268 g/mol. The quantitative estimate of drug-likeness (QED) is 0.494. The molecule has 18 heavy (non-hydrogen) atoms. The lowest BCUT2D eigenvalue weighted by Crippen LogP contribution is -2.48. The third kappa shape index (κ3) is 5.15. The van der Waals surface area contributed by atoms with Crippen molar-refractivity contribution in [1.29, 1.82) is 0 Å². The summed E-state index contributed by atoms with van der Waals surface area (Å²) in [5.41, 5.74) is 6.38. The van der Waals surface area contributed by atoms with Crippen LogP contribution in [-0.2, 0) is 0 Å². The minimum atomic E-state index is 0.420. The maximum atomic E-state index is 5.12. The topological polar surface area (TPSA) is 57.3 Å². The van der Waals surface area contributed by atoms with Gasteiger partial charge >= 0.3 is 0 Å². The minimum Gasteiger partial charge on any atom is -0.497 e. The number of rotatable bonds is 3. The summed E-state index contributed by atoms with van der Waals surface area (Å²) in [6, 6.07) is 7.47. The van der Waals surface area contributed by atoms with Gasteiger partial charge in [0.05, 0.1) is 7.11 Å². The van der Waals surface area contributed by atoms with Crippen LogP contribution in [0.2, 0.25) is 0 Å². The van der Waals surface area contributed by atoms with Gasteiger partial charge in [0, 0.05) is 18.3 Å². The van der Waals surface area contributed by atoms with Crippen LogP contribution in [0.25, 0.3) is 0 Å². The van der Waals surface area contributed by atoms with E-state index in [2.05, 4.69) is 21.5 Å². The van der Waals surface area contributed by atoms with Crippen LogP contribution in [0.5, 0.6) is 5.75 Å². The number of anilines is 1. The maximum Gasteiger partial charge on any atom is 0.189 e. The van der Waals surface area contributed by atoms with Gasteiger partial charge in [0.25, 0.3) is 0 Å². The largest absolute Gasteiger partial charge is 0.497 e. The van der Waals surface area contributed by atoms with Gasteiger partial charge in [-0.25, -0.2) is 0 Å². The highest BCUT2D eigenvalue weighted by Crippen LogP contribution is 2.16. The van der Waals surface area contributed by atoms with E-state index in [1.165, 1.54) is 0 Å². The van der Waals surface area contributed by atoms with E-state index in [0.717, 1.165) is 18.0 Å². The van der Waals surface area contributed by atoms with E-state index in [-0.39, 0.29) is 0 Å². The molecule has 0 fully saturated rings. The minimum absolute atomic E-state index is 0.420. The fourth-order valence-electron chi connectivity index (χ4n) is 1.18. The average Bonchev–Trinajstić information content (AvgIpc) is 2.37. The predicted octanol–water partition coefficient (Wildman–Crippen LogP) is 1.38. The molecule has 0 saturated carbocycles. The van der Waals surface area contributed by atoms with Crippen molar-refractivity contribution in [3.8, 4) is 5.75 Å². The maximum absolute atomic E-state index is 5.12. The summed E-state index contributed by atoms with van der Waals surface area (Å²) in [5.74, 6) is 0.763. The van der Waals surface area contributed by atoms with Crippen LogP contribution in [0, 0.1) is 0 Å². The molecule has 1 rings (SSSR count). The van der Waals surface area contributed by atoms with Gasteiger partial charge < -0.3 is 15.4 Å². The van der Waals surface area contributed by atoms with Crippen molar-refractivity contribution in [3.05, 3.63) is 24.3 Å². The van der Waals surface area contributed by atoms with Crippen molar-refractivity contribution in [2.75, 3.05) is 19.0 Å². The molecular formula is C11H16N4OS2. The molecule has 0 saturated heterocycles. The number of hydrogen-bond acceptors (Lipinski definition) is 3. The van der Waals surface area contributed by atoms with Crippen molar-refractivity contribution in [2.45, 2.75) is 6.92 Å². The molecule has 0 amide bonds. The first-order valence-electron chi connectivity index (χ1n) is 5.40. The van der Waals surface area contributed by atoms with Crippen molar-refractivity contribution in [1.82, 2.24) is 16.2 Å². The molecule has 1 aromatic rings. The molecule has 0 aliphatic rings. The van der Waals surface area contributed by atoms with Crippen molar-refractivity contribution < 1.29 is 4.74 Å². The summed E-state index contributed by atoms with van der Waals surface area (Å²) in [6.07, 6.45) is 0. The molecule has 1 aromatic carbocycles. The van der Waals surface area contributed by atoms with Gasteiger partial charge in [0.15, 0.2) is 10.2 Å². The van der Waals surface area contributed by atoms with Crippen LogP contribution in [0.3, 0.4) is 0 Å². The van der Waals surface area contributed by atoms with Gasteiger partial charge in [-0.05, 0) is 43.5 Å². The molecule has 0 unspecified atom stereocenters. The average molecular weight is 284 g/mol. The van der Waals surface area contributed by atoms with Gasteiger partial charge in [-0.2, -0.15) is 0 Å². The standard InChI is InChI=1S/C11H16N4OS2/c1-3-12-10(17)14-15-11(18)13-8-5-4-6-9(7-8)16-2/h4-7H,3H2,1-2H3,(H2,12,14,17)(H2,13,15,18). The fraction of sp³-hybridized carbons (Fsp3) is 0.273. The first kappa shape index (κ1) is 14.5. The summed E-state index contributed by atoms with van der Waals surface area (Å²) in [6.45, 7) is 2.71. The molecule has 5 nitrogen and oxygen atoms in total. The number of hydrogen-bond donors (Lipinski definition) is 4. The lowest BCUT2D eigenvalue weighted by atomic mass is 10.3. The summed E-state index contributed by atoms with van der Waals surface area (Å²) >= 11 is 10.1. The molecule has 0 heterocycles. The van der Waals surface area contributed by atoms with Crippen LogP contribution < -0.4 is 26.2 Å². The second kappa shape index (κ2) is 7.67. The van der Waals surface area contributed by atoms with Gasteiger partial charge in [-0.15, -0.1) is 0 Å². The molecule has 4 N–H and O–H groups in total. The van der Waals surface area contributed by atoms with Crippen molar-refractivity contribution in [3.63, 3.8) is 0 Å². The first-order chi connectivity index (χ1) is 8.65. The fourth-order valence-corrected chi connectivity index (χ4v) is 1.55. The van der Waals surface area contributed by atoms with E-state index in [4.69, 9.17) is 29.2 Å². The van der Waals surface area contributed by atoms with E-state index in [0.29, 0.717) is 10.2 Å². The van der Waals surface area contributed by atoms with E-state index >= 15 is 0 Å². The Kier molecular flexibility index (Phi) is 6.16. The SMILES string of the molecule is CCNC(=S)NNC(=S)Nc1cccc(OC)c1. The van der Waals surface area contributed by atoms with E-state index < -0.39 is 0 Å². The second-order valence-corrected chi connectivity index (χ2v) is 4.11. The number of methoxy groups -OCH3 is 1. The number of thiocarbonyl (C=S) groups is 2. The van der Waals surface area contributed by atoms with Crippen LogP contribution in [0.15, 0.2) is 24.3 Å². The zero-order valence-corrected chi connectivity index (χ0v) is 11.9. The Morgan fingerprint density at radius 2 is 1.94 bits per heavy atom. The Labute approximate surface area is 117 Å². The summed E-state index contributed by atoms with van der Waals surface area (Å²) in [7, 11) is 1.62. The smallest absolute Gasteiger partial charge is 0.189 e. The Hall–Kier alpha value is -1.60. The van der Waals surface area contributed by atoms with E-state index in [9.17, 15) is 0 Å². The summed E-state index contributed by atoms with van der Waals surface area (Å²) < 4.78 is 5.12. The molecule has 0 atom stereocenters. The highest BCUT2D eigenvalue weighted by molar-refractivity contribution is 7.80. The lowest BCUT2D eigenvalue weighted by Gasteiger charge is -2.13. The second-order valence-electron chi connectivity index (χ2n) is 3.30. The van der Waals surface area contributed by atoms with Crippen LogP contribution in [-0.4, -0.2) is 23.9 Å². The third-order valence-electron chi connectivity index (χ3n) is 1.95.